The molecule has 1 aromatic carbocycles. The van der Waals surface area contributed by atoms with E-state index in [1.54, 1.807) is 23.1 Å². The summed E-state index contributed by atoms with van der Waals surface area (Å²) >= 11 is 0. The zero-order chi connectivity index (χ0) is 18.1. The van der Waals surface area contributed by atoms with Crippen molar-refractivity contribution in [2.24, 2.45) is 0 Å². The summed E-state index contributed by atoms with van der Waals surface area (Å²) in [6, 6.07) is 9.46. The first-order valence-electron chi connectivity index (χ1n) is 8.10. The molecule has 0 saturated heterocycles. The number of benzene rings is 1. The molecule has 4 rings (SSSR count). The van der Waals surface area contributed by atoms with Gasteiger partial charge in [0.15, 0.2) is 5.65 Å². The molecule has 1 N–H and O–H groups in total. The normalized spacial score (nSPS) is 10.8. The van der Waals surface area contributed by atoms with Crippen LogP contribution >= 0.6 is 0 Å². The van der Waals surface area contributed by atoms with E-state index in [-0.39, 0.29) is 5.91 Å². The van der Waals surface area contributed by atoms with Crippen LogP contribution in [-0.4, -0.2) is 30.5 Å². The van der Waals surface area contributed by atoms with Gasteiger partial charge in [0, 0.05) is 35.0 Å². The van der Waals surface area contributed by atoms with Crippen LogP contribution < -0.4 is 5.32 Å². The van der Waals surface area contributed by atoms with Gasteiger partial charge in [0.1, 0.15) is 11.9 Å². The number of nitrogens with one attached hydrogen (secondary N) is 1. The minimum atomic E-state index is -0.251. The Kier molecular flexibility index (Phi) is 3.89. The number of carbonyl (C=O) groups is 1. The number of hydrogen-bond acceptors (Lipinski definition) is 5. The van der Waals surface area contributed by atoms with Crippen molar-refractivity contribution in [3.8, 4) is 11.1 Å². The van der Waals surface area contributed by atoms with Crippen LogP contribution in [0.2, 0.25) is 0 Å². The quantitative estimate of drug-likeness (QED) is 0.617. The van der Waals surface area contributed by atoms with Crippen molar-refractivity contribution >= 4 is 17.2 Å². The van der Waals surface area contributed by atoms with Crippen LogP contribution in [0.5, 0.6) is 0 Å². The molecule has 7 heteroatoms. The number of carbonyl (C=O) groups excluding carboxylic acids is 1. The van der Waals surface area contributed by atoms with E-state index >= 15 is 0 Å². The van der Waals surface area contributed by atoms with Crippen molar-refractivity contribution in [3.63, 3.8) is 0 Å². The molecule has 1 amide bonds. The van der Waals surface area contributed by atoms with Crippen LogP contribution in [0.15, 0.2) is 55.2 Å². The van der Waals surface area contributed by atoms with E-state index in [9.17, 15) is 4.79 Å². The van der Waals surface area contributed by atoms with Crippen LogP contribution in [-0.2, 0) is 0 Å². The number of hydrogen-bond donors (Lipinski definition) is 1. The molecule has 4 aromatic rings. The van der Waals surface area contributed by atoms with Gasteiger partial charge in [-0.3, -0.25) is 4.79 Å². The Morgan fingerprint density at radius 2 is 1.85 bits per heavy atom. The summed E-state index contributed by atoms with van der Waals surface area (Å²) < 4.78 is 1.67. The van der Waals surface area contributed by atoms with Gasteiger partial charge in [-0.1, -0.05) is 12.1 Å². The Balaban J connectivity index is 1.65. The van der Waals surface area contributed by atoms with Gasteiger partial charge in [-0.25, -0.2) is 19.5 Å². The number of aryl methyl sites for hydroxylation is 2. The van der Waals surface area contributed by atoms with Crippen LogP contribution in [0.1, 0.15) is 21.7 Å². The highest BCUT2D eigenvalue weighted by Gasteiger charge is 2.16. The van der Waals surface area contributed by atoms with E-state index in [4.69, 9.17) is 0 Å². The van der Waals surface area contributed by atoms with Gasteiger partial charge in [-0.2, -0.15) is 5.10 Å². The molecule has 0 aliphatic rings. The van der Waals surface area contributed by atoms with Gasteiger partial charge in [-0.15, -0.1) is 0 Å². The summed E-state index contributed by atoms with van der Waals surface area (Å²) in [6.45, 7) is 3.83. The van der Waals surface area contributed by atoms with E-state index in [1.165, 1.54) is 6.33 Å². The Hall–Kier alpha value is -3.61. The van der Waals surface area contributed by atoms with E-state index in [0.717, 1.165) is 22.5 Å². The van der Waals surface area contributed by atoms with Crippen molar-refractivity contribution in [1.82, 2.24) is 24.6 Å². The second kappa shape index (κ2) is 6.36. The van der Waals surface area contributed by atoms with Gasteiger partial charge in [0.2, 0.25) is 0 Å². The molecule has 0 bridgehead atoms. The molecule has 0 radical (unpaired) electrons. The Bertz CT molecular complexity index is 1100. The fourth-order valence-electron chi connectivity index (χ4n) is 2.85. The second-order valence-electron chi connectivity index (χ2n) is 5.99. The Labute approximate surface area is 149 Å². The molecular weight excluding hydrogens is 328 g/mol. The first-order chi connectivity index (χ1) is 12.6. The largest absolute Gasteiger partial charge is 0.322 e. The molecule has 0 aliphatic carbocycles. The molecule has 7 nitrogen and oxygen atoms in total. The maximum Gasteiger partial charge on any atom is 0.261 e. The lowest BCUT2D eigenvalue weighted by atomic mass is 10.1. The molecule has 26 heavy (non-hydrogen) atoms. The first-order valence-corrected chi connectivity index (χ1v) is 8.10. The number of anilines is 1. The van der Waals surface area contributed by atoms with Crippen LogP contribution in [0, 0.1) is 13.8 Å². The fraction of sp³-hybridized carbons (Fsp3) is 0.105. The van der Waals surface area contributed by atoms with Crippen molar-refractivity contribution in [3.05, 3.63) is 72.2 Å². The average Bonchev–Trinajstić information content (AvgIpc) is 3.07. The summed E-state index contributed by atoms with van der Waals surface area (Å²) in [4.78, 5) is 25.2. The lowest BCUT2D eigenvalue weighted by Gasteiger charge is -2.07. The molecule has 3 aromatic heterocycles. The third kappa shape index (κ3) is 2.90. The van der Waals surface area contributed by atoms with Crippen LogP contribution in [0.25, 0.3) is 16.8 Å². The number of fused-ring (bicyclic) bond motifs is 1. The zero-order valence-electron chi connectivity index (χ0n) is 14.3. The van der Waals surface area contributed by atoms with Gasteiger partial charge < -0.3 is 5.32 Å². The SMILES string of the molecule is Cc1cc(C)n2ncc(C(=O)Nc3cccc(-c4cncnc4)c3)c2n1. The summed E-state index contributed by atoms with van der Waals surface area (Å²) in [5.74, 6) is -0.251. The van der Waals surface area contributed by atoms with Crippen LogP contribution in [0.3, 0.4) is 0 Å². The second-order valence-corrected chi connectivity index (χ2v) is 5.99. The van der Waals surface area contributed by atoms with Crippen molar-refractivity contribution in [1.29, 1.82) is 0 Å². The van der Waals surface area contributed by atoms with Crippen molar-refractivity contribution in [2.45, 2.75) is 13.8 Å². The monoisotopic (exact) mass is 344 g/mol. The van der Waals surface area contributed by atoms with Gasteiger partial charge >= 0.3 is 0 Å². The molecule has 0 saturated carbocycles. The van der Waals surface area contributed by atoms with Gasteiger partial charge in [0.05, 0.1) is 6.20 Å². The van der Waals surface area contributed by atoms with Gasteiger partial charge in [0.25, 0.3) is 5.91 Å². The van der Waals surface area contributed by atoms with E-state index in [0.29, 0.717) is 16.9 Å². The number of amides is 1. The number of nitrogens with zero attached hydrogens (tertiary/aromatic N) is 5. The summed E-state index contributed by atoms with van der Waals surface area (Å²) in [5, 5.41) is 7.18. The summed E-state index contributed by atoms with van der Waals surface area (Å²) in [7, 11) is 0. The Morgan fingerprint density at radius 3 is 2.65 bits per heavy atom. The molecule has 3 heterocycles. The smallest absolute Gasteiger partial charge is 0.261 e. The van der Waals surface area contributed by atoms with Gasteiger partial charge in [-0.05, 0) is 37.6 Å². The molecule has 0 spiro atoms. The highest BCUT2D eigenvalue weighted by atomic mass is 16.1. The predicted molar refractivity (Wildman–Crippen MR) is 97.9 cm³/mol. The molecule has 0 fully saturated rings. The topological polar surface area (TPSA) is 85.1 Å². The highest BCUT2D eigenvalue weighted by Crippen LogP contribution is 2.22. The lowest BCUT2D eigenvalue weighted by molar-refractivity contribution is 0.102. The summed E-state index contributed by atoms with van der Waals surface area (Å²) in [6.07, 6.45) is 6.49. The number of rotatable bonds is 3. The number of aromatic nitrogens is 5. The average molecular weight is 344 g/mol. The fourth-order valence-corrected chi connectivity index (χ4v) is 2.85. The molecule has 0 unspecified atom stereocenters. The highest BCUT2D eigenvalue weighted by molar-refractivity contribution is 6.08. The van der Waals surface area contributed by atoms with E-state index in [1.807, 2.05) is 44.2 Å². The standard InChI is InChI=1S/C19H16N6O/c1-12-6-13(2)25-18(23-12)17(10-22-25)19(26)24-16-5-3-4-14(7-16)15-8-20-11-21-9-15/h3-11H,1-2H3,(H,24,26). The Morgan fingerprint density at radius 1 is 1.04 bits per heavy atom. The zero-order valence-corrected chi connectivity index (χ0v) is 14.3. The molecule has 0 atom stereocenters. The third-order valence-electron chi connectivity index (χ3n) is 4.04. The minimum Gasteiger partial charge on any atom is -0.322 e. The lowest BCUT2D eigenvalue weighted by Crippen LogP contribution is -2.12. The van der Waals surface area contributed by atoms with E-state index in [2.05, 4.69) is 25.4 Å². The minimum absolute atomic E-state index is 0.251. The van der Waals surface area contributed by atoms with E-state index < -0.39 is 0 Å². The molecule has 128 valence electrons. The predicted octanol–water partition coefficient (Wildman–Crippen LogP) is 3.06. The summed E-state index contributed by atoms with van der Waals surface area (Å²) in [5.41, 5.74) is 5.24. The van der Waals surface area contributed by atoms with Crippen molar-refractivity contribution < 1.29 is 4.79 Å². The van der Waals surface area contributed by atoms with Crippen molar-refractivity contribution in [2.75, 3.05) is 5.32 Å². The third-order valence-corrected chi connectivity index (χ3v) is 4.04. The maximum atomic E-state index is 12.7. The van der Waals surface area contributed by atoms with Crippen LogP contribution in [0.4, 0.5) is 5.69 Å². The molecular formula is C19H16N6O. The maximum absolute atomic E-state index is 12.7. The molecule has 0 aliphatic heterocycles. The first kappa shape index (κ1) is 15.9.